The molecule has 2 aliphatic rings. The van der Waals surface area contributed by atoms with Crippen molar-refractivity contribution in [2.45, 2.75) is 88.8 Å². The highest BCUT2D eigenvalue weighted by molar-refractivity contribution is 4.87. The summed E-state index contributed by atoms with van der Waals surface area (Å²) < 4.78 is 0. The molecule has 0 amide bonds. The van der Waals surface area contributed by atoms with Gasteiger partial charge in [-0.1, -0.05) is 44.9 Å². The van der Waals surface area contributed by atoms with Crippen LogP contribution in [-0.4, -0.2) is 30.1 Å². The van der Waals surface area contributed by atoms with Gasteiger partial charge in [-0.2, -0.15) is 0 Å². The molecular formula is C15H30N2. The van der Waals surface area contributed by atoms with Crippen molar-refractivity contribution in [2.75, 3.05) is 7.05 Å². The van der Waals surface area contributed by atoms with E-state index in [-0.39, 0.29) is 0 Å². The SMILES string of the molecule is CN(C1CCCCCC1)C1CCCCCC1N. The first-order valence-electron chi connectivity index (χ1n) is 7.76. The van der Waals surface area contributed by atoms with Crippen LogP contribution in [0.25, 0.3) is 0 Å². The third-order valence-electron chi connectivity index (χ3n) is 4.96. The summed E-state index contributed by atoms with van der Waals surface area (Å²) in [5, 5.41) is 0. The van der Waals surface area contributed by atoms with Crippen LogP contribution in [0.1, 0.15) is 70.6 Å². The first-order chi connectivity index (χ1) is 8.29. The van der Waals surface area contributed by atoms with Gasteiger partial charge in [0.15, 0.2) is 0 Å². The summed E-state index contributed by atoms with van der Waals surface area (Å²) in [5.74, 6) is 0. The van der Waals surface area contributed by atoms with Crippen LogP contribution in [0.2, 0.25) is 0 Å². The predicted molar refractivity (Wildman–Crippen MR) is 74.1 cm³/mol. The summed E-state index contributed by atoms with van der Waals surface area (Å²) in [4.78, 5) is 2.65. The maximum atomic E-state index is 6.38. The first kappa shape index (κ1) is 13.4. The molecule has 2 N–H and O–H groups in total. The second-order valence-corrected chi connectivity index (χ2v) is 6.18. The van der Waals surface area contributed by atoms with Gasteiger partial charge in [0.05, 0.1) is 0 Å². The van der Waals surface area contributed by atoms with E-state index >= 15 is 0 Å². The fourth-order valence-corrected chi connectivity index (χ4v) is 3.76. The predicted octanol–water partition coefficient (Wildman–Crippen LogP) is 3.30. The van der Waals surface area contributed by atoms with Crippen molar-refractivity contribution in [1.29, 1.82) is 0 Å². The van der Waals surface area contributed by atoms with Gasteiger partial charge in [-0.3, -0.25) is 4.90 Å². The highest BCUT2D eigenvalue weighted by Gasteiger charge is 2.28. The van der Waals surface area contributed by atoms with Crippen molar-refractivity contribution in [1.82, 2.24) is 4.90 Å². The number of likely N-dealkylation sites (N-methyl/N-ethyl adjacent to an activating group) is 1. The van der Waals surface area contributed by atoms with Crippen LogP contribution in [0.4, 0.5) is 0 Å². The van der Waals surface area contributed by atoms with Gasteiger partial charge in [-0.25, -0.2) is 0 Å². The lowest BCUT2D eigenvalue weighted by Crippen LogP contribution is -2.49. The summed E-state index contributed by atoms with van der Waals surface area (Å²) >= 11 is 0. The summed E-state index contributed by atoms with van der Waals surface area (Å²) in [7, 11) is 2.34. The Morgan fingerprint density at radius 2 is 1.29 bits per heavy atom. The fourth-order valence-electron chi connectivity index (χ4n) is 3.76. The van der Waals surface area contributed by atoms with Crippen molar-refractivity contribution in [3.63, 3.8) is 0 Å². The van der Waals surface area contributed by atoms with Gasteiger partial charge in [0.2, 0.25) is 0 Å². The van der Waals surface area contributed by atoms with Gasteiger partial charge in [0.1, 0.15) is 0 Å². The van der Waals surface area contributed by atoms with Gasteiger partial charge in [-0.15, -0.1) is 0 Å². The fraction of sp³-hybridized carbons (Fsp3) is 1.00. The Labute approximate surface area is 107 Å². The normalized spacial score (nSPS) is 33.4. The second kappa shape index (κ2) is 6.75. The molecule has 2 fully saturated rings. The number of hydrogen-bond donors (Lipinski definition) is 1. The van der Waals surface area contributed by atoms with E-state index in [1.165, 1.54) is 70.6 Å². The molecule has 0 aromatic heterocycles. The van der Waals surface area contributed by atoms with Crippen molar-refractivity contribution in [3.8, 4) is 0 Å². The van der Waals surface area contributed by atoms with Gasteiger partial charge >= 0.3 is 0 Å². The molecule has 2 saturated carbocycles. The quantitative estimate of drug-likeness (QED) is 0.748. The minimum absolute atomic E-state index is 0.422. The van der Waals surface area contributed by atoms with Crippen LogP contribution >= 0.6 is 0 Å². The Bertz CT molecular complexity index is 209. The van der Waals surface area contributed by atoms with Gasteiger partial charge < -0.3 is 5.73 Å². The third-order valence-corrected chi connectivity index (χ3v) is 4.96. The Hall–Kier alpha value is -0.0800. The third kappa shape index (κ3) is 3.69. The van der Waals surface area contributed by atoms with Crippen LogP contribution in [0, 0.1) is 0 Å². The van der Waals surface area contributed by atoms with Gasteiger partial charge in [0.25, 0.3) is 0 Å². The largest absolute Gasteiger partial charge is 0.326 e. The molecule has 2 unspecified atom stereocenters. The molecule has 0 heterocycles. The molecule has 0 saturated heterocycles. The molecule has 0 radical (unpaired) electrons. The van der Waals surface area contributed by atoms with Crippen LogP contribution in [-0.2, 0) is 0 Å². The minimum Gasteiger partial charge on any atom is -0.326 e. The van der Waals surface area contributed by atoms with E-state index in [0.717, 1.165) is 6.04 Å². The van der Waals surface area contributed by atoms with E-state index in [2.05, 4.69) is 11.9 Å². The molecule has 0 bridgehead atoms. The molecule has 2 nitrogen and oxygen atoms in total. The maximum Gasteiger partial charge on any atom is 0.0247 e. The van der Waals surface area contributed by atoms with E-state index in [4.69, 9.17) is 5.73 Å². The van der Waals surface area contributed by atoms with E-state index in [1.54, 1.807) is 0 Å². The summed E-state index contributed by atoms with van der Waals surface area (Å²) in [6, 6.07) is 1.89. The molecule has 0 aliphatic heterocycles. The smallest absolute Gasteiger partial charge is 0.0247 e. The molecular weight excluding hydrogens is 208 g/mol. The number of rotatable bonds is 2. The Balaban J connectivity index is 1.93. The topological polar surface area (TPSA) is 29.3 Å². The molecule has 2 rings (SSSR count). The molecule has 100 valence electrons. The van der Waals surface area contributed by atoms with Crippen LogP contribution < -0.4 is 5.73 Å². The summed E-state index contributed by atoms with van der Waals surface area (Å²) in [6.07, 6.45) is 15.2. The average molecular weight is 238 g/mol. The van der Waals surface area contributed by atoms with E-state index in [0.29, 0.717) is 12.1 Å². The monoisotopic (exact) mass is 238 g/mol. The van der Waals surface area contributed by atoms with Crippen LogP contribution in [0.3, 0.4) is 0 Å². The minimum atomic E-state index is 0.422. The first-order valence-corrected chi connectivity index (χ1v) is 7.76. The lowest BCUT2D eigenvalue weighted by Gasteiger charge is -2.37. The molecule has 0 aromatic rings. The lowest BCUT2D eigenvalue weighted by molar-refractivity contribution is 0.130. The van der Waals surface area contributed by atoms with Crippen molar-refractivity contribution < 1.29 is 0 Å². The molecule has 0 aromatic carbocycles. The average Bonchev–Trinajstić information content (AvgIpc) is 2.70. The maximum absolute atomic E-state index is 6.38. The molecule has 17 heavy (non-hydrogen) atoms. The molecule has 2 aliphatic carbocycles. The number of hydrogen-bond acceptors (Lipinski definition) is 2. The van der Waals surface area contributed by atoms with Gasteiger partial charge in [0, 0.05) is 18.1 Å². The number of nitrogens with zero attached hydrogens (tertiary/aromatic N) is 1. The zero-order valence-electron chi connectivity index (χ0n) is 11.5. The molecule has 2 heteroatoms. The van der Waals surface area contributed by atoms with Crippen molar-refractivity contribution >= 4 is 0 Å². The van der Waals surface area contributed by atoms with Crippen LogP contribution in [0.15, 0.2) is 0 Å². The zero-order valence-corrected chi connectivity index (χ0v) is 11.5. The van der Waals surface area contributed by atoms with E-state index < -0.39 is 0 Å². The van der Waals surface area contributed by atoms with Crippen molar-refractivity contribution in [3.05, 3.63) is 0 Å². The van der Waals surface area contributed by atoms with Gasteiger partial charge in [-0.05, 0) is 32.7 Å². The Morgan fingerprint density at radius 3 is 2.00 bits per heavy atom. The lowest BCUT2D eigenvalue weighted by atomic mass is 9.98. The Morgan fingerprint density at radius 1 is 0.765 bits per heavy atom. The highest BCUT2D eigenvalue weighted by Crippen LogP contribution is 2.27. The number of nitrogens with two attached hydrogens (primary N) is 1. The Kier molecular flexibility index (Phi) is 5.30. The molecule has 2 atom stereocenters. The van der Waals surface area contributed by atoms with Crippen molar-refractivity contribution in [2.24, 2.45) is 5.73 Å². The van der Waals surface area contributed by atoms with E-state index in [9.17, 15) is 0 Å². The summed E-state index contributed by atoms with van der Waals surface area (Å²) in [6.45, 7) is 0. The summed E-state index contributed by atoms with van der Waals surface area (Å²) in [5.41, 5.74) is 6.38. The van der Waals surface area contributed by atoms with Crippen LogP contribution in [0.5, 0.6) is 0 Å². The molecule has 0 spiro atoms. The highest BCUT2D eigenvalue weighted by atomic mass is 15.2. The van der Waals surface area contributed by atoms with E-state index in [1.807, 2.05) is 0 Å². The standard InChI is InChI=1S/C15H30N2/c1-17(13-9-5-2-3-6-10-13)15-12-8-4-7-11-14(15)16/h13-15H,2-12,16H2,1H3. The second-order valence-electron chi connectivity index (χ2n) is 6.18. The zero-order chi connectivity index (χ0) is 12.1.